The van der Waals surface area contributed by atoms with Crippen molar-refractivity contribution in [1.82, 2.24) is 15.3 Å². The van der Waals surface area contributed by atoms with E-state index in [-0.39, 0.29) is 5.91 Å². The van der Waals surface area contributed by atoms with Crippen LogP contribution in [0.25, 0.3) is 0 Å². The number of rotatable bonds is 6. The number of nitrogens with zero attached hydrogens (tertiary/aromatic N) is 2. The van der Waals surface area contributed by atoms with Crippen LogP contribution >= 0.6 is 11.8 Å². The molecule has 1 amide bonds. The summed E-state index contributed by atoms with van der Waals surface area (Å²) in [6.07, 6.45) is 3.09. The first-order valence-corrected chi connectivity index (χ1v) is 8.93. The summed E-state index contributed by atoms with van der Waals surface area (Å²) in [6, 6.07) is 8.09. The summed E-state index contributed by atoms with van der Waals surface area (Å²) in [5.41, 5.74) is 5.36. The van der Waals surface area contributed by atoms with Crippen molar-refractivity contribution in [1.29, 1.82) is 0 Å². The maximum Gasteiger partial charge on any atom is 0.220 e. The highest BCUT2D eigenvalue weighted by molar-refractivity contribution is 7.98. The molecule has 0 fully saturated rings. The van der Waals surface area contributed by atoms with Gasteiger partial charge in [-0.2, -0.15) is 0 Å². The van der Waals surface area contributed by atoms with Crippen LogP contribution in [0.15, 0.2) is 29.4 Å². The Morgan fingerprint density at radius 1 is 1.13 bits per heavy atom. The fourth-order valence-corrected chi connectivity index (χ4v) is 2.95. The predicted octanol–water partition coefficient (Wildman–Crippen LogP) is 3.37. The molecule has 1 heterocycles. The smallest absolute Gasteiger partial charge is 0.220 e. The molecule has 0 aliphatic rings. The summed E-state index contributed by atoms with van der Waals surface area (Å²) in [7, 11) is 0. The topological polar surface area (TPSA) is 54.9 Å². The van der Waals surface area contributed by atoms with Crippen LogP contribution in [0.4, 0.5) is 0 Å². The van der Waals surface area contributed by atoms with Crippen molar-refractivity contribution in [3.8, 4) is 0 Å². The van der Waals surface area contributed by atoms with E-state index in [1.54, 1.807) is 0 Å². The van der Waals surface area contributed by atoms with Crippen molar-refractivity contribution < 1.29 is 4.79 Å². The number of amides is 1. The minimum Gasteiger partial charge on any atom is -0.352 e. The normalized spacial score (nSPS) is 10.6. The van der Waals surface area contributed by atoms with E-state index in [2.05, 4.69) is 28.3 Å². The lowest BCUT2D eigenvalue weighted by molar-refractivity contribution is -0.121. The molecule has 2 rings (SSSR count). The average molecular weight is 329 g/mol. The van der Waals surface area contributed by atoms with E-state index in [0.29, 0.717) is 19.4 Å². The molecular formula is C18H23N3OS. The van der Waals surface area contributed by atoms with Crippen molar-refractivity contribution in [2.45, 2.75) is 45.3 Å². The minimum absolute atomic E-state index is 0.0565. The van der Waals surface area contributed by atoms with E-state index in [1.165, 1.54) is 17.3 Å². The Balaban J connectivity index is 1.91. The zero-order valence-electron chi connectivity index (χ0n) is 14.1. The van der Waals surface area contributed by atoms with Crippen LogP contribution in [0, 0.1) is 20.8 Å². The standard InChI is InChI=1S/C18H23N3OS/c1-12-7-5-6-8-15(12)11-19-17(22)10-9-16-13(2)20-18(23-4)21-14(16)3/h5-8H,9-11H2,1-4H3,(H,19,22). The van der Waals surface area contributed by atoms with Gasteiger partial charge in [0, 0.05) is 24.4 Å². The van der Waals surface area contributed by atoms with Crippen molar-refractivity contribution in [2.75, 3.05) is 6.26 Å². The van der Waals surface area contributed by atoms with Crippen LogP contribution in [-0.4, -0.2) is 22.1 Å². The largest absolute Gasteiger partial charge is 0.352 e. The number of carbonyl (C=O) groups excluding carboxylic acids is 1. The Hall–Kier alpha value is -1.88. The molecule has 0 saturated heterocycles. The Kier molecular flexibility index (Phi) is 6.16. The summed E-state index contributed by atoms with van der Waals surface area (Å²) >= 11 is 1.54. The molecule has 0 spiro atoms. The van der Waals surface area contributed by atoms with Crippen LogP contribution in [-0.2, 0) is 17.8 Å². The third kappa shape index (κ3) is 4.79. The van der Waals surface area contributed by atoms with Gasteiger partial charge in [0.15, 0.2) is 5.16 Å². The number of aryl methyl sites for hydroxylation is 3. The summed E-state index contributed by atoms with van der Waals surface area (Å²) in [5.74, 6) is 0.0565. The second kappa shape index (κ2) is 8.11. The molecule has 0 aliphatic carbocycles. The fourth-order valence-electron chi connectivity index (χ4n) is 2.49. The van der Waals surface area contributed by atoms with Gasteiger partial charge >= 0.3 is 0 Å². The van der Waals surface area contributed by atoms with Crippen molar-refractivity contribution in [3.63, 3.8) is 0 Å². The van der Waals surface area contributed by atoms with Crippen molar-refractivity contribution in [3.05, 3.63) is 52.3 Å². The van der Waals surface area contributed by atoms with Crippen LogP contribution in [0.2, 0.25) is 0 Å². The molecule has 1 aromatic carbocycles. The zero-order chi connectivity index (χ0) is 16.8. The molecule has 0 aliphatic heterocycles. The van der Waals surface area contributed by atoms with E-state index in [4.69, 9.17) is 0 Å². The third-order valence-corrected chi connectivity index (χ3v) is 4.47. The first kappa shape index (κ1) is 17.5. The lowest BCUT2D eigenvalue weighted by Gasteiger charge is -2.11. The Morgan fingerprint density at radius 3 is 2.39 bits per heavy atom. The SMILES string of the molecule is CSc1nc(C)c(CCC(=O)NCc2ccccc2C)c(C)n1. The van der Waals surface area contributed by atoms with Gasteiger partial charge in [-0.15, -0.1) is 0 Å². The van der Waals surface area contributed by atoms with Gasteiger partial charge in [-0.3, -0.25) is 4.79 Å². The number of hydrogen-bond acceptors (Lipinski definition) is 4. The van der Waals surface area contributed by atoms with E-state index < -0.39 is 0 Å². The zero-order valence-corrected chi connectivity index (χ0v) is 15.0. The van der Waals surface area contributed by atoms with Gasteiger partial charge < -0.3 is 5.32 Å². The molecule has 0 atom stereocenters. The van der Waals surface area contributed by atoms with Crippen LogP contribution in [0.1, 0.15) is 34.5 Å². The van der Waals surface area contributed by atoms with Crippen molar-refractivity contribution >= 4 is 17.7 Å². The predicted molar refractivity (Wildman–Crippen MR) is 94.6 cm³/mol. The number of carbonyl (C=O) groups is 1. The minimum atomic E-state index is 0.0565. The monoisotopic (exact) mass is 329 g/mol. The number of benzene rings is 1. The van der Waals surface area contributed by atoms with E-state index in [0.717, 1.165) is 27.7 Å². The number of nitrogens with one attached hydrogen (secondary N) is 1. The molecule has 0 saturated carbocycles. The fraction of sp³-hybridized carbons (Fsp3) is 0.389. The van der Waals surface area contributed by atoms with Gasteiger partial charge in [0.2, 0.25) is 5.91 Å². The maximum atomic E-state index is 12.1. The highest BCUT2D eigenvalue weighted by atomic mass is 32.2. The molecule has 4 nitrogen and oxygen atoms in total. The quantitative estimate of drug-likeness (QED) is 0.652. The molecule has 5 heteroatoms. The Bertz CT molecular complexity index is 677. The lowest BCUT2D eigenvalue weighted by atomic mass is 10.1. The van der Waals surface area contributed by atoms with Gasteiger partial charge in [0.05, 0.1) is 0 Å². The summed E-state index contributed by atoms with van der Waals surface area (Å²) in [4.78, 5) is 21.0. The molecule has 1 aromatic heterocycles. The molecule has 122 valence electrons. The van der Waals surface area contributed by atoms with Gasteiger partial charge in [-0.1, -0.05) is 36.0 Å². The molecular weight excluding hydrogens is 306 g/mol. The van der Waals surface area contributed by atoms with E-state index >= 15 is 0 Å². The summed E-state index contributed by atoms with van der Waals surface area (Å²) in [5, 5.41) is 3.77. The van der Waals surface area contributed by atoms with Crippen LogP contribution in [0.3, 0.4) is 0 Å². The van der Waals surface area contributed by atoms with Crippen LogP contribution in [0.5, 0.6) is 0 Å². The molecule has 23 heavy (non-hydrogen) atoms. The highest BCUT2D eigenvalue weighted by Crippen LogP contribution is 2.17. The third-order valence-electron chi connectivity index (χ3n) is 3.92. The molecule has 0 radical (unpaired) electrons. The first-order valence-electron chi connectivity index (χ1n) is 7.70. The Morgan fingerprint density at radius 2 is 1.78 bits per heavy atom. The molecule has 2 aromatic rings. The number of aromatic nitrogens is 2. The lowest BCUT2D eigenvalue weighted by Crippen LogP contribution is -2.23. The highest BCUT2D eigenvalue weighted by Gasteiger charge is 2.10. The summed E-state index contributed by atoms with van der Waals surface area (Å²) < 4.78 is 0. The second-order valence-electron chi connectivity index (χ2n) is 5.56. The Labute approximate surface area is 142 Å². The molecule has 0 unspecified atom stereocenters. The number of thioether (sulfide) groups is 1. The summed E-state index contributed by atoms with van der Waals surface area (Å²) in [6.45, 7) is 6.59. The van der Waals surface area contributed by atoms with E-state index in [9.17, 15) is 4.79 Å². The molecule has 0 bridgehead atoms. The van der Waals surface area contributed by atoms with Gasteiger partial charge in [0.25, 0.3) is 0 Å². The van der Waals surface area contributed by atoms with Crippen molar-refractivity contribution in [2.24, 2.45) is 0 Å². The van der Waals surface area contributed by atoms with Gasteiger partial charge in [-0.05, 0) is 50.1 Å². The second-order valence-corrected chi connectivity index (χ2v) is 6.34. The van der Waals surface area contributed by atoms with Gasteiger partial charge in [-0.25, -0.2) is 9.97 Å². The molecule has 1 N–H and O–H groups in total. The average Bonchev–Trinajstić information content (AvgIpc) is 2.53. The maximum absolute atomic E-state index is 12.1. The van der Waals surface area contributed by atoms with Crippen LogP contribution < -0.4 is 5.32 Å². The van der Waals surface area contributed by atoms with Gasteiger partial charge in [0.1, 0.15) is 0 Å². The first-order chi connectivity index (χ1) is 11.0. The van der Waals surface area contributed by atoms with E-state index in [1.807, 2.05) is 38.3 Å². The number of hydrogen-bond donors (Lipinski definition) is 1.